The van der Waals surface area contributed by atoms with Crippen LogP contribution in [0.1, 0.15) is 39.0 Å². The molecular weight excluding hydrogens is 196 g/mol. The lowest BCUT2D eigenvalue weighted by molar-refractivity contribution is 0.0118. The Hall–Kier alpha value is -0.160. The van der Waals surface area contributed by atoms with Gasteiger partial charge in [-0.3, -0.25) is 0 Å². The SMILES string of the molecule is CCCCOC(CCO)CCC(O)CO. The van der Waals surface area contributed by atoms with Crippen LogP contribution in [0.25, 0.3) is 0 Å². The van der Waals surface area contributed by atoms with Crippen molar-refractivity contribution in [3.05, 3.63) is 0 Å². The molecule has 0 aliphatic carbocycles. The minimum atomic E-state index is -0.666. The van der Waals surface area contributed by atoms with Crippen LogP contribution < -0.4 is 0 Å². The van der Waals surface area contributed by atoms with Gasteiger partial charge >= 0.3 is 0 Å². The van der Waals surface area contributed by atoms with Gasteiger partial charge in [0, 0.05) is 13.2 Å². The maximum absolute atomic E-state index is 9.18. The monoisotopic (exact) mass is 220 g/mol. The molecule has 0 spiro atoms. The summed E-state index contributed by atoms with van der Waals surface area (Å²) < 4.78 is 5.57. The van der Waals surface area contributed by atoms with E-state index in [-0.39, 0.29) is 19.3 Å². The van der Waals surface area contributed by atoms with Crippen LogP contribution in [0.4, 0.5) is 0 Å². The molecule has 0 saturated carbocycles. The molecular formula is C11H24O4. The summed E-state index contributed by atoms with van der Waals surface area (Å²) >= 11 is 0. The Balaban J connectivity index is 3.62. The third-order valence-corrected chi connectivity index (χ3v) is 2.34. The Kier molecular flexibility index (Phi) is 10.3. The highest BCUT2D eigenvalue weighted by atomic mass is 16.5. The molecule has 0 heterocycles. The van der Waals surface area contributed by atoms with Gasteiger partial charge in [-0.15, -0.1) is 0 Å². The molecule has 0 fully saturated rings. The lowest BCUT2D eigenvalue weighted by Crippen LogP contribution is -2.20. The van der Waals surface area contributed by atoms with Crippen molar-refractivity contribution in [2.45, 2.75) is 51.2 Å². The first kappa shape index (κ1) is 14.8. The van der Waals surface area contributed by atoms with Gasteiger partial charge in [0.15, 0.2) is 0 Å². The predicted molar refractivity (Wildman–Crippen MR) is 58.7 cm³/mol. The van der Waals surface area contributed by atoms with Gasteiger partial charge in [-0.25, -0.2) is 0 Å². The summed E-state index contributed by atoms with van der Waals surface area (Å²) in [5.41, 5.74) is 0. The van der Waals surface area contributed by atoms with E-state index in [0.29, 0.717) is 25.9 Å². The first-order valence-electron chi connectivity index (χ1n) is 5.76. The van der Waals surface area contributed by atoms with Crippen molar-refractivity contribution in [2.24, 2.45) is 0 Å². The maximum Gasteiger partial charge on any atom is 0.0771 e. The van der Waals surface area contributed by atoms with Gasteiger partial charge in [0.2, 0.25) is 0 Å². The highest BCUT2D eigenvalue weighted by molar-refractivity contribution is 4.62. The van der Waals surface area contributed by atoms with E-state index < -0.39 is 6.10 Å². The van der Waals surface area contributed by atoms with Gasteiger partial charge in [-0.1, -0.05) is 13.3 Å². The van der Waals surface area contributed by atoms with Crippen LogP contribution >= 0.6 is 0 Å². The fourth-order valence-corrected chi connectivity index (χ4v) is 1.32. The summed E-state index contributed by atoms with van der Waals surface area (Å²) in [6.45, 7) is 2.70. The Morgan fingerprint density at radius 1 is 1.13 bits per heavy atom. The lowest BCUT2D eigenvalue weighted by Gasteiger charge is -2.18. The van der Waals surface area contributed by atoms with Crippen molar-refractivity contribution in [3.63, 3.8) is 0 Å². The van der Waals surface area contributed by atoms with Crippen LogP contribution in [-0.4, -0.2) is 47.3 Å². The quantitative estimate of drug-likeness (QED) is 0.474. The Morgan fingerprint density at radius 3 is 2.40 bits per heavy atom. The molecule has 0 aliphatic heterocycles. The van der Waals surface area contributed by atoms with E-state index in [1.165, 1.54) is 0 Å². The molecule has 0 rings (SSSR count). The van der Waals surface area contributed by atoms with E-state index in [1.54, 1.807) is 0 Å². The van der Waals surface area contributed by atoms with Gasteiger partial charge in [0.1, 0.15) is 0 Å². The van der Waals surface area contributed by atoms with E-state index in [1.807, 2.05) is 0 Å². The first-order chi connectivity index (χ1) is 7.24. The molecule has 4 heteroatoms. The largest absolute Gasteiger partial charge is 0.396 e. The molecule has 0 aromatic rings. The smallest absolute Gasteiger partial charge is 0.0771 e. The van der Waals surface area contributed by atoms with Crippen molar-refractivity contribution in [1.82, 2.24) is 0 Å². The van der Waals surface area contributed by atoms with E-state index >= 15 is 0 Å². The molecule has 92 valence electrons. The van der Waals surface area contributed by atoms with Crippen LogP contribution in [0, 0.1) is 0 Å². The van der Waals surface area contributed by atoms with Crippen molar-refractivity contribution < 1.29 is 20.1 Å². The Labute approximate surface area is 91.9 Å². The van der Waals surface area contributed by atoms with Crippen LogP contribution in [0.3, 0.4) is 0 Å². The number of aliphatic hydroxyl groups excluding tert-OH is 3. The number of hydrogen-bond acceptors (Lipinski definition) is 4. The third kappa shape index (κ3) is 8.81. The van der Waals surface area contributed by atoms with Crippen LogP contribution in [0.5, 0.6) is 0 Å². The number of aliphatic hydroxyl groups is 3. The number of hydrogen-bond donors (Lipinski definition) is 3. The number of unbranched alkanes of at least 4 members (excludes halogenated alkanes) is 1. The number of rotatable bonds is 10. The van der Waals surface area contributed by atoms with Gasteiger partial charge in [0.05, 0.1) is 18.8 Å². The summed E-state index contributed by atoms with van der Waals surface area (Å²) in [7, 11) is 0. The Bertz CT molecular complexity index is 130. The fraction of sp³-hybridized carbons (Fsp3) is 1.00. The van der Waals surface area contributed by atoms with Gasteiger partial charge in [-0.05, 0) is 25.7 Å². The molecule has 0 bridgehead atoms. The summed E-state index contributed by atoms with van der Waals surface area (Å²) in [6, 6.07) is 0. The Morgan fingerprint density at radius 2 is 1.87 bits per heavy atom. The van der Waals surface area contributed by atoms with Crippen molar-refractivity contribution in [2.75, 3.05) is 19.8 Å². The van der Waals surface area contributed by atoms with Gasteiger partial charge in [-0.2, -0.15) is 0 Å². The van der Waals surface area contributed by atoms with Crippen molar-refractivity contribution in [1.29, 1.82) is 0 Å². The summed E-state index contributed by atoms with van der Waals surface area (Å²) in [5, 5.41) is 26.7. The van der Waals surface area contributed by atoms with E-state index in [0.717, 1.165) is 12.8 Å². The average Bonchev–Trinajstić information content (AvgIpc) is 2.25. The predicted octanol–water partition coefficient (Wildman–Crippen LogP) is 0.687. The summed E-state index contributed by atoms with van der Waals surface area (Å²) in [6.07, 6.45) is 3.25. The molecule has 0 saturated heterocycles. The molecule has 2 atom stereocenters. The van der Waals surface area contributed by atoms with E-state index in [4.69, 9.17) is 14.9 Å². The lowest BCUT2D eigenvalue weighted by atomic mass is 10.1. The molecule has 3 N–H and O–H groups in total. The summed E-state index contributed by atoms with van der Waals surface area (Å²) in [5.74, 6) is 0. The normalized spacial score (nSPS) is 15.2. The molecule has 0 radical (unpaired) electrons. The molecule has 0 aliphatic rings. The van der Waals surface area contributed by atoms with Gasteiger partial charge < -0.3 is 20.1 Å². The molecule has 0 aromatic heterocycles. The number of ether oxygens (including phenoxy) is 1. The van der Waals surface area contributed by atoms with Crippen molar-refractivity contribution >= 4 is 0 Å². The first-order valence-corrected chi connectivity index (χ1v) is 5.76. The van der Waals surface area contributed by atoms with Crippen LogP contribution in [0.2, 0.25) is 0 Å². The molecule has 0 amide bonds. The van der Waals surface area contributed by atoms with Crippen LogP contribution in [-0.2, 0) is 4.74 Å². The molecule has 0 aromatic carbocycles. The second-order valence-corrected chi connectivity index (χ2v) is 3.77. The van der Waals surface area contributed by atoms with Crippen LogP contribution in [0.15, 0.2) is 0 Å². The molecule has 15 heavy (non-hydrogen) atoms. The maximum atomic E-state index is 9.18. The fourth-order valence-electron chi connectivity index (χ4n) is 1.32. The molecule has 4 nitrogen and oxygen atoms in total. The minimum Gasteiger partial charge on any atom is -0.396 e. The standard InChI is InChI=1S/C11H24O4/c1-2-3-8-15-11(6-7-12)5-4-10(14)9-13/h10-14H,2-9H2,1H3. The second kappa shape index (κ2) is 10.4. The summed E-state index contributed by atoms with van der Waals surface area (Å²) in [4.78, 5) is 0. The van der Waals surface area contributed by atoms with Gasteiger partial charge in [0.25, 0.3) is 0 Å². The topological polar surface area (TPSA) is 69.9 Å². The highest BCUT2D eigenvalue weighted by Crippen LogP contribution is 2.09. The zero-order chi connectivity index (χ0) is 11.5. The zero-order valence-corrected chi connectivity index (χ0v) is 9.56. The average molecular weight is 220 g/mol. The van der Waals surface area contributed by atoms with E-state index in [9.17, 15) is 5.11 Å². The zero-order valence-electron chi connectivity index (χ0n) is 9.56. The van der Waals surface area contributed by atoms with Crippen molar-refractivity contribution in [3.8, 4) is 0 Å². The minimum absolute atomic E-state index is 0.00255. The highest BCUT2D eigenvalue weighted by Gasteiger charge is 2.11. The molecule has 2 unspecified atom stereocenters. The van der Waals surface area contributed by atoms with E-state index in [2.05, 4.69) is 6.92 Å². The third-order valence-electron chi connectivity index (χ3n) is 2.34. The second-order valence-electron chi connectivity index (χ2n) is 3.77.